The third-order valence-corrected chi connectivity index (χ3v) is 5.94. The van der Waals surface area contributed by atoms with E-state index in [1.807, 2.05) is 0 Å². The topological polar surface area (TPSA) is 125 Å². The predicted molar refractivity (Wildman–Crippen MR) is 122 cm³/mol. The highest BCUT2D eigenvalue weighted by Gasteiger charge is 2.27. The van der Waals surface area contributed by atoms with Crippen LogP contribution in [0.1, 0.15) is 50.7 Å². The summed E-state index contributed by atoms with van der Waals surface area (Å²) in [4.78, 5) is 24.5. The van der Waals surface area contributed by atoms with Crippen LogP contribution in [0.4, 0.5) is 14.6 Å². The van der Waals surface area contributed by atoms with Crippen LogP contribution >= 0.6 is 0 Å². The van der Waals surface area contributed by atoms with E-state index in [1.54, 1.807) is 17.7 Å². The number of hydrogen-bond acceptors (Lipinski definition) is 5. The molecule has 0 aliphatic carbocycles. The zero-order chi connectivity index (χ0) is 24.4. The van der Waals surface area contributed by atoms with E-state index in [9.17, 15) is 18.4 Å². The number of benzene rings is 2. The summed E-state index contributed by atoms with van der Waals surface area (Å²) >= 11 is 0. The van der Waals surface area contributed by atoms with E-state index in [0.29, 0.717) is 37.2 Å². The fourth-order valence-electron chi connectivity index (χ4n) is 4.05. The van der Waals surface area contributed by atoms with Crippen molar-refractivity contribution in [3.8, 4) is 11.3 Å². The Morgan fingerprint density at radius 3 is 2.59 bits per heavy atom. The maximum absolute atomic E-state index is 14.9. The molecule has 1 aliphatic heterocycles. The van der Waals surface area contributed by atoms with Gasteiger partial charge in [-0.1, -0.05) is 18.2 Å². The molecule has 178 valence electrons. The van der Waals surface area contributed by atoms with Gasteiger partial charge in [0.2, 0.25) is 0 Å². The number of ether oxygens (including phenoxy) is 1. The van der Waals surface area contributed by atoms with Gasteiger partial charge in [0, 0.05) is 36.4 Å². The number of aryl methyl sites for hydroxylation is 1. The molecule has 0 atom stereocenters. The molecule has 2 amide bonds. The van der Waals surface area contributed by atoms with E-state index in [-0.39, 0.29) is 40.8 Å². The van der Waals surface area contributed by atoms with Gasteiger partial charge in [-0.25, -0.2) is 13.5 Å². The van der Waals surface area contributed by atoms with Crippen LogP contribution in [0.25, 0.3) is 11.3 Å². The van der Waals surface area contributed by atoms with Gasteiger partial charge < -0.3 is 21.5 Å². The SMILES string of the molecule is Cc1ccc(F)cc1C(=O)NCc1ccc(-c2nn(C3CCOCC3)c(N)c2C(N)=O)cc1F. The van der Waals surface area contributed by atoms with Crippen molar-refractivity contribution in [3.63, 3.8) is 0 Å². The van der Waals surface area contributed by atoms with E-state index < -0.39 is 23.4 Å². The fourth-order valence-corrected chi connectivity index (χ4v) is 4.05. The summed E-state index contributed by atoms with van der Waals surface area (Å²) in [5.41, 5.74) is 13.3. The first-order chi connectivity index (χ1) is 16.3. The Labute approximate surface area is 194 Å². The van der Waals surface area contributed by atoms with Crippen LogP contribution in [0.3, 0.4) is 0 Å². The standard InChI is InChI=1S/C24H25F2N5O3/c1-13-2-5-16(25)11-18(13)24(33)29-12-15-4-3-14(10-19(15)26)21-20(23(28)32)22(27)31(30-21)17-6-8-34-9-7-17/h2-5,10-11,17H,6-9,12,27H2,1H3,(H2,28,32)(H,29,33). The summed E-state index contributed by atoms with van der Waals surface area (Å²) in [6.45, 7) is 2.68. The minimum atomic E-state index is -0.756. The van der Waals surface area contributed by atoms with E-state index in [4.69, 9.17) is 16.2 Å². The average molecular weight is 469 g/mol. The van der Waals surface area contributed by atoms with E-state index in [1.165, 1.54) is 24.3 Å². The Kier molecular flexibility index (Phi) is 6.60. The Bertz CT molecular complexity index is 1250. The quantitative estimate of drug-likeness (QED) is 0.512. The van der Waals surface area contributed by atoms with Crippen molar-refractivity contribution in [2.45, 2.75) is 32.4 Å². The minimum absolute atomic E-state index is 0.0357. The number of aromatic nitrogens is 2. The van der Waals surface area contributed by atoms with Crippen LogP contribution in [0.2, 0.25) is 0 Å². The van der Waals surface area contributed by atoms with Crippen LogP contribution in [-0.2, 0) is 11.3 Å². The number of nitrogens with one attached hydrogen (secondary N) is 1. The van der Waals surface area contributed by atoms with Gasteiger partial charge in [-0.2, -0.15) is 5.10 Å². The Morgan fingerprint density at radius 1 is 1.18 bits per heavy atom. The fraction of sp³-hybridized carbons (Fsp3) is 0.292. The first-order valence-electron chi connectivity index (χ1n) is 10.8. The van der Waals surface area contributed by atoms with Gasteiger partial charge in [0.05, 0.1) is 6.04 Å². The van der Waals surface area contributed by atoms with E-state index >= 15 is 0 Å². The first-order valence-corrected chi connectivity index (χ1v) is 10.8. The molecule has 5 N–H and O–H groups in total. The van der Waals surface area contributed by atoms with Crippen LogP contribution in [-0.4, -0.2) is 34.8 Å². The molecule has 1 fully saturated rings. The number of carbonyl (C=O) groups is 2. The van der Waals surface area contributed by atoms with Crippen LogP contribution in [0, 0.1) is 18.6 Å². The van der Waals surface area contributed by atoms with Crippen molar-refractivity contribution >= 4 is 17.6 Å². The zero-order valence-corrected chi connectivity index (χ0v) is 18.6. The highest BCUT2D eigenvalue weighted by Crippen LogP contribution is 2.32. The molecule has 1 aliphatic rings. The summed E-state index contributed by atoms with van der Waals surface area (Å²) in [7, 11) is 0. The lowest BCUT2D eigenvalue weighted by atomic mass is 10.0. The van der Waals surface area contributed by atoms with Crippen molar-refractivity contribution in [1.82, 2.24) is 15.1 Å². The molecule has 3 aromatic rings. The summed E-state index contributed by atoms with van der Waals surface area (Å²) < 4.78 is 35.3. The molecule has 2 heterocycles. The average Bonchev–Trinajstić information content (AvgIpc) is 3.17. The highest BCUT2D eigenvalue weighted by molar-refractivity contribution is 6.03. The molecule has 0 saturated carbocycles. The lowest BCUT2D eigenvalue weighted by Gasteiger charge is -2.23. The van der Waals surface area contributed by atoms with Crippen molar-refractivity contribution in [1.29, 1.82) is 0 Å². The normalized spacial score (nSPS) is 14.2. The van der Waals surface area contributed by atoms with Crippen molar-refractivity contribution in [2.24, 2.45) is 5.73 Å². The summed E-state index contributed by atoms with van der Waals surface area (Å²) in [5, 5.41) is 7.09. The lowest BCUT2D eigenvalue weighted by molar-refractivity contribution is 0.0669. The number of primary amides is 1. The van der Waals surface area contributed by atoms with Gasteiger partial charge in [-0.3, -0.25) is 9.59 Å². The molecular weight excluding hydrogens is 444 g/mol. The predicted octanol–water partition coefficient (Wildman–Crippen LogP) is 3.10. The van der Waals surface area contributed by atoms with Crippen molar-refractivity contribution < 1.29 is 23.1 Å². The largest absolute Gasteiger partial charge is 0.383 e. The second-order valence-corrected chi connectivity index (χ2v) is 8.21. The molecule has 0 bridgehead atoms. The molecule has 8 nitrogen and oxygen atoms in total. The number of nitrogens with zero attached hydrogens (tertiary/aromatic N) is 2. The third kappa shape index (κ3) is 4.62. The molecule has 10 heteroatoms. The summed E-state index contributed by atoms with van der Waals surface area (Å²) in [5.74, 6) is -2.27. The second kappa shape index (κ2) is 9.60. The Balaban J connectivity index is 1.57. The molecule has 0 unspecified atom stereocenters. The molecule has 0 radical (unpaired) electrons. The number of halogens is 2. The first kappa shape index (κ1) is 23.4. The molecule has 1 aromatic heterocycles. The summed E-state index contributed by atoms with van der Waals surface area (Å²) in [6.07, 6.45) is 1.36. The van der Waals surface area contributed by atoms with E-state index in [0.717, 1.165) is 6.07 Å². The van der Waals surface area contributed by atoms with Crippen LogP contribution < -0.4 is 16.8 Å². The van der Waals surface area contributed by atoms with Gasteiger partial charge in [0.1, 0.15) is 28.7 Å². The number of nitrogen functional groups attached to an aromatic ring is 1. The van der Waals surface area contributed by atoms with E-state index in [2.05, 4.69) is 10.4 Å². The molecular formula is C24H25F2N5O3. The van der Waals surface area contributed by atoms with Gasteiger partial charge in [-0.15, -0.1) is 0 Å². The maximum atomic E-state index is 14.9. The zero-order valence-electron chi connectivity index (χ0n) is 18.6. The minimum Gasteiger partial charge on any atom is -0.383 e. The number of nitrogens with two attached hydrogens (primary N) is 2. The Morgan fingerprint density at radius 2 is 1.91 bits per heavy atom. The van der Waals surface area contributed by atoms with Gasteiger partial charge in [-0.05, 0) is 43.5 Å². The number of amides is 2. The highest BCUT2D eigenvalue weighted by atomic mass is 19.1. The van der Waals surface area contributed by atoms with Crippen molar-refractivity contribution in [2.75, 3.05) is 18.9 Å². The van der Waals surface area contributed by atoms with Crippen LogP contribution in [0.5, 0.6) is 0 Å². The molecule has 34 heavy (non-hydrogen) atoms. The van der Waals surface area contributed by atoms with Gasteiger partial charge in [0.25, 0.3) is 11.8 Å². The maximum Gasteiger partial charge on any atom is 0.254 e. The third-order valence-electron chi connectivity index (χ3n) is 5.94. The molecule has 0 spiro atoms. The number of carbonyl (C=O) groups excluding carboxylic acids is 2. The van der Waals surface area contributed by atoms with Crippen LogP contribution in [0.15, 0.2) is 36.4 Å². The second-order valence-electron chi connectivity index (χ2n) is 8.21. The lowest BCUT2D eigenvalue weighted by Crippen LogP contribution is -2.24. The monoisotopic (exact) mass is 469 g/mol. The molecule has 2 aromatic carbocycles. The smallest absolute Gasteiger partial charge is 0.254 e. The number of anilines is 1. The Hall–Kier alpha value is -3.79. The van der Waals surface area contributed by atoms with Gasteiger partial charge >= 0.3 is 0 Å². The summed E-state index contributed by atoms with van der Waals surface area (Å²) in [6, 6.07) is 8.14. The van der Waals surface area contributed by atoms with Crippen molar-refractivity contribution in [3.05, 3.63) is 70.3 Å². The number of rotatable bonds is 6. The molecule has 1 saturated heterocycles. The number of hydrogen-bond donors (Lipinski definition) is 3. The molecule has 4 rings (SSSR count). The van der Waals surface area contributed by atoms with Gasteiger partial charge in [0.15, 0.2) is 0 Å².